The molecule has 0 spiro atoms. The van der Waals surface area contributed by atoms with E-state index in [1.54, 1.807) is 24.8 Å². The highest BCUT2D eigenvalue weighted by Crippen LogP contribution is 2.28. The Morgan fingerprint density at radius 2 is 1.87 bits per heavy atom. The normalized spacial score (nSPS) is 12.3. The van der Waals surface area contributed by atoms with Crippen molar-refractivity contribution >= 4 is 28.6 Å². The molecule has 4 aromatic rings. The van der Waals surface area contributed by atoms with Crippen molar-refractivity contribution in [3.63, 3.8) is 0 Å². The van der Waals surface area contributed by atoms with Gasteiger partial charge in [-0.3, -0.25) is 0 Å². The fraction of sp³-hybridized carbons (Fsp3) is 0.318. The molecule has 31 heavy (non-hydrogen) atoms. The minimum Gasteiger partial charge on any atom is -0.374 e. The second kappa shape index (κ2) is 9.05. The van der Waals surface area contributed by atoms with E-state index in [0.29, 0.717) is 35.2 Å². The number of hydrogen-bond acceptors (Lipinski definition) is 8. The van der Waals surface area contributed by atoms with Crippen LogP contribution in [0.4, 0.5) is 17.5 Å². The summed E-state index contributed by atoms with van der Waals surface area (Å²) < 4.78 is 1.98. The van der Waals surface area contributed by atoms with Crippen LogP contribution in [0.15, 0.2) is 49.1 Å². The van der Waals surface area contributed by atoms with E-state index in [-0.39, 0.29) is 6.04 Å². The molecule has 0 unspecified atom stereocenters. The van der Waals surface area contributed by atoms with Gasteiger partial charge in [0.25, 0.3) is 0 Å². The van der Waals surface area contributed by atoms with E-state index < -0.39 is 6.23 Å². The summed E-state index contributed by atoms with van der Waals surface area (Å²) in [5.41, 5.74) is 3.07. The molecule has 3 N–H and O–H groups in total. The molecule has 0 amide bonds. The predicted octanol–water partition coefficient (Wildman–Crippen LogP) is 4.14. The molecule has 9 nitrogen and oxygen atoms in total. The maximum absolute atomic E-state index is 10.2. The minimum absolute atomic E-state index is 0.180. The summed E-state index contributed by atoms with van der Waals surface area (Å²) in [6, 6.07) is 9.76. The van der Waals surface area contributed by atoms with Crippen LogP contribution in [0.5, 0.6) is 0 Å². The maximum Gasteiger partial charge on any atom is 0.228 e. The lowest BCUT2D eigenvalue weighted by molar-refractivity contribution is 0.191. The number of imidazole rings is 1. The summed E-state index contributed by atoms with van der Waals surface area (Å²) in [5, 5.41) is 16.5. The Morgan fingerprint density at radius 3 is 2.61 bits per heavy atom. The minimum atomic E-state index is -0.718. The smallest absolute Gasteiger partial charge is 0.228 e. The van der Waals surface area contributed by atoms with Crippen molar-refractivity contribution in [2.45, 2.75) is 45.9 Å². The first-order chi connectivity index (χ1) is 15.0. The van der Waals surface area contributed by atoms with Gasteiger partial charge in [-0.1, -0.05) is 25.5 Å². The van der Waals surface area contributed by atoms with E-state index in [4.69, 9.17) is 0 Å². The number of aromatic nitrogens is 6. The third-order valence-corrected chi connectivity index (χ3v) is 4.78. The average Bonchev–Trinajstić information content (AvgIpc) is 3.19. The van der Waals surface area contributed by atoms with Crippen LogP contribution in [-0.4, -0.2) is 40.8 Å². The van der Waals surface area contributed by atoms with E-state index in [1.165, 1.54) is 0 Å². The summed E-state index contributed by atoms with van der Waals surface area (Å²) in [6.45, 7) is 6.15. The SMILES string of the molecule is CCC[C@@H](O)Nc1nc(Nc2cccc(-c3ncccn3)c2)c2ncn(C(C)C)c2n1. The number of hydrogen-bond donors (Lipinski definition) is 3. The number of benzene rings is 1. The van der Waals surface area contributed by atoms with Gasteiger partial charge >= 0.3 is 0 Å². The van der Waals surface area contributed by atoms with Crippen molar-refractivity contribution in [3.8, 4) is 11.4 Å². The van der Waals surface area contributed by atoms with Gasteiger partial charge in [0.05, 0.1) is 6.33 Å². The zero-order chi connectivity index (χ0) is 21.8. The number of aliphatic hydroxyl groups is 1. The topological polar surface area (TPSA) is 114 Å². The fourth-order valence-corrected chi connectivity index (χ4v) is 3.26. The molecule has 0 aliphatic rings. The van der Waals surface area contributed by atoms with Crippen molar-refractivity contribution in [3.05, 3.63) is 49.1 Å². The van der Waals surface area contributed by atoms with Gasteiger partial charge in [-0.15, -0.1) is 0 Å². The van der Waals surface area contributed by atoms with Gasteiger partial charge in [-0.05, 0) is 38.5 Å². The Balaban J connectivity index is 1.72. The molecule has 3 aromatic heterocycles. The van der Waals surface area contributed by atoms with Crippen molar-refractivity contribution < 1.29 is 5.11 Å². The molecule has 160 valence electrons. The van der Waals surface area contributed by atoms with E-state index in [9.17, 15) is 5.11 Å². The number of nitrogens with one attached hydrogen (secondary N) is 2. The molecule has 4 rings (SSSR count). The first-order valence-electron chi connectivity index (χ1n) is 10.4. The van der Waals surface area contributed by atoms with E-state index >= 15 is 0 Å². The standard InChI is InChI=1S/C22H26N8O/c1-4-7-17(31)27-22-28-20(18-21(29-22)30(13-25-18)14(2)3)26-16-9-5-8-15(12-16)19-23-10-6-11-24-19/h5-6,8-14,17,31H,4,7H2,1-3H3,(H2,26,27,28,29)/t17-/m1/s1. The molecule has 0 fully saturated rings. The number of aliphatic hydroxyl groups excluding tert-OH is 1. The Morgan fingerprint density at radius 1 is 1.06 bits per heavy atom. The molecule has 0 bridgehead atoms. The van der Waals surface area contributed by atoms with Crippen molar-refractivity contribution in [1.82, 2.24) is 29.5 Å². The highest BCUT2D eigenvalue weighted by Gasteiger charge is 2.16. The molecule has 1 atom stereocenters. The highest BCUT2D eigenvalue weighted by molar-refractivity contribution is 5.87. The summed E-state index contributed by atoms with van der Waals surface area (Å²) >= 11 is 0. The fourth-order valence-electron chi connectivity index (χ4n) is 3.26. The zero-order valence-electron chi connectivity index (χ0n) is 17.8. The largest absolute Gasteiger partial charge is 0.374 e. The molecule has 3 heterocycles. The van der Waals surface area contributed by atoms with Crippen molar-refractivity contribution in [2.75, 3.05) is 10.6 Å². The molecule has 0 aliphatic carbocycles. The third-order valence-electron chi connectivity index (χ3n) is 4.78. The first kappa shape index (κ1) is 20.7. The van der Waals surface area contributed by atoms with Crippen LogP contribution in [0.1, 0.15) is 39.7 Å². The van der Waals surface area contributed by atoms with Gasteiger partial charge in [0, 0.05) is 29.7 Å². The number of rotatable bonds is 8. The van der Waals surface area contributed by atoms with E-state index in [1.807, 2.05) is 35.8 Å². The predicted molar refractivity (Wildman–Crippen MR) is 121 cm³/mol. The summed E-state index contributed by atoms with van der Waals surface area (Å²) in [4.78, 5) is 22.4. The second-order valence-electron chi connectivity index (χ2n) is 7.54. The molecule has 0 aliphatic heterocycles. The van der Waals surface area contributed by atoms with Gasteiger partial charge in [-0.2, -0.15) is 9.97 Å². The Bertz CT molecular complexity index is 1160. The zero-order valence-corrected chi connectivity index (χ0v) is 17.8. The second-order valence-corrected chi connectivity index (χ2v) is 7.54. The molecule has 0 saturated carbocycles. The molecular weight excluding hydrogens is 392 g/mol. The Hall–Kier alpha value is -3.59. The number of fused-ring (bicyclic) bond motifs is 1. The maximum atomic E-state index is 10.2. The van der Waals surface area contributed by atoms with Crippen LogP contribution >= 0.6 is 0 Å². The summed E-state index contributed by atoms with van der Waals surface area (Å²) in [7, 11) is 0. The monoisotopic (exact) mass is 418 g/mol. The Kier molecular flexibility index (Phi) is 6.03. The lowest BCUT2D eigenvalue weighted by atomic mass is 10.2. The van der Waals surface area contributed by atoms with Crippen LogP contribution in [0.3, 0.4) is 0 Å². The van der Waals surface area contributed by atoms with Crippen LogP contribution in [0, 0.1) is 0 Å². The van der Waals surface area contributed by atoms with Crippen LogP contribution < -0.4 is 10.6 Å². The van der Waals surface area contributed by atoms with Crippen LogP contribution in [-0.2, 0) is 0 Å². The molecule has 0 saturated heterocycles. The Labute approximate surface area is 180 Å². The highest BCUT2D eigenvalue weighted by atomic mass is 16.3. The van der Waals surface area contributed by atoms with Crippen molar-refractivity contribution in [2.24, 2.45) is 0 Å². The summed E-state index contributed by atoms with van der Waals surface area (Å²) in [5.74, 6) is 1.55. The van der Waals surface area contributed by atoms with Gasteiger partial charge in [0.1, 0.15) is 6.23 Å². The third kappa shape index (κ3) is 4.61. The van der Waals surface area contributed by atoms with Gasteiger partial charge in [0.2, 0.25) is 5.95 Å². The lowest BCUT2D eigenvalue weighted by Crippen LogP contribution is -2.20. The van der Waals surface area contributed by atoms with Crippen molar-refractivity contribution in [1.29, 1.82) is 0 Å². The van der Waals surface area contributed by atoms with Crippen LogP contribution in [0.2, 0.25) is 0 Å². The van der Waals surface area contributed by atoms with Gasteiger partial charge < -0.3 is 20.3 Å². The van der Waals surface area contributed by atoms with Crippen LogP contribution in [0.25, 0.3) is 22.6 Å². The van der Waals surface area contributed by atoms with E-state index in [2.05, 4.69) is 49.4 Å². The quantitative estimate of drug-likeness (QED) is 0.366. The summed E-state index contributed by atoms with van der Waals surface area (Å²) in [6.07, 6.45) is 5.93. The molecule has 1 aromatic carbocycles. The molecule has 9 heteroatoms. The number of anilines is 3. The first-order valence-corrected chi connectivity index (χ1v) is 10.4. The van der Waals surface area contributed by atoms with E-state index in [0.717, 1.165) is 17.7 Å². The lowest BCUT2D eigenvalue weighted by Gasteiger charge is -2.15. The van der Waals surface area contributed by atoms with Gasteiger partial charge in [-0.25, -0.2) is 15.0 Å². The van der Waals surface area contributed by atoms with Gasteiger partial charge in [0.15, 0.2) is 22.8 Å². The molecule has 0 radical (unpaired) electrons. The molecular formula is C22H26N8O. The average molecular weight is 419 g/mol. The number of nitrogens with zero attached hydrogens (tertiary/aromatic N) is 6.